The summed E-state index contributed by atoms with van der Waals surface area (Å²) in [7, 11) is 0. The van der Waals surface area contributed by atoms with Crippen molar-refractivity contribution >= 4 is 5.78 Å². The van der Waals surface area contributed by atoms with Crippen LogP contribution >= 0.6 is 0 Å². The molecule has 0 fully saturated rings. The topological polar surface area (TPSA) is 47.8 Å². The normalized spacial score (nSPS) is 10.6. The van der Waals surface area contributed by atoms with Gasteiger partial charge in [-0.15, -0.1) is 0 Å². The van der Waals surface area contributed by atoms with Crippen LogP contribution in [0.3, 0.4) is 0 Å². The van der Waals surface area contributed by atoms with Gasteiger partial charge in [0.1, 0.15) is 11.5 Å². The molecule has 0 saturated heterocycles. The summed E-state index contributed by atoms with van der Waals surface area (Å²) in [6, 6.07) is 3.79. The average molecular weight is 243 g/mol. The van der Waals surface area contributed by atoms with Gasteiger partial charge in [-0.2, -0.15) is 0 Å². The first-order valence-electron chi connectivity index (χ1n) is 6.08. The van der Waals surface area contributed by atoms with Gasteiger partial charge in [0.05, 0.1) is 6.42 Å². The zero-order valence-electron chi connectivity index (χ0n) is 11.0. The van der Waals surface area contributed by atoms with Crippen molar-refractivity contribution in [3.05, 3.63) is 47.3 Å². The second-order valence-corrected chi connectivity index (χ2v) is 4.40. The highest BCUT2D eigenvalue weighted by Crippen LogP contribution is 2.08. The third-order valence-corrected chi connectivity index (χ3v) is 2.84. The highest BCUT2D eigenvalue weighted by molar-refractivity contribution is 5.95. The van der Waals surface area contributed by atoms with E-state index in [0.717, 1.165) is 23.6 Å². The van der Waals surface area contributed by atoms with Gasteiger partial charge >= 0.3 is 0 Å². The van der Waals surface area contributed by atoms with Crippen molar-refractivity contribution in [3.8, 4) is 0 Å². The SMILES string of the molecule is CCn1ccnc1CC(=O)c1cc(C)cc(C)n1. The van der Waals surface area contributed by atoms with Crippen molar-refractivity contribution in [2.75, 3.05) is 0 Å². The molecule has 2 heterocycles. The summed E-state index contributed by atoms with van der Waals surface area (Å²) in [6.07, 6.45) is 3.91. The molecule has 0 radical (unpaired) electrons. The van der Waals surface area contributed by atoms with Crippen molar-refractivity contribution in [3.63, 3.8) is 0 Å². The Morgan fingerprint density at radius 3 is 2.78 bits per heavy atom. The van der Waals surface area contributed by atoms with Crippen LogP contribution < -0.4 is 0 Å². The maximum Gasteiger partial charge on any atom is 0.188 e. The second kappa shape index (κ2) is 5.12. The number of carbonyl (C=O) groups excluding carboxylic acids is 1. The number of nitrogens with zero attached hydrogens (tertiary/aromatic N) is 3. The van der Waals surface area contributed by atoms with Crippen LogP contribution in [0.1, 0.15) is 34.5 Å². The maximum atomic E-state index is 12.2. The summed E-state index contributed by atoms with van der Waals surface area (Å²) >= 11 is 0. The molecule has 0 aliphatic rings. The maximum absolute atomic E-state index is 12.2. The van der Waals surface area contributed by atoms with Crippen molar-refractivity contribution in [1.29, 1.82) is 0 Å². The van der Waals surface area contributed by atoms with Gasteiger partial charge in [-0.25, -0.2) is 9.97 Å². The molecule has 0 aliphatic heterocycles. The lowest BCUT2D eigenvalue weighted by molar-refractivity contribution is 0.0984. The van der Waals surface area contributed by atoms with E-state index in [1.54, 1.807) is 6.20 Å². The molecule has 18 heavy (non-hydrogen) atoms. The summed E-state index contributed by atoms with van der Waals surface area (Å²) in [6.45, 7) is 6.73. The Morgan fingerprint density at radius 1 is 1.33 bits per heavy atom. The fraction of sp³-hybridized carbons (Fsp3) is 0.357. The molecule has 0 atom stereocenters. The van der Waals surface area contributed by atoms with Crippen molar-refractivity contribution in [1.82, 2.24) is 14.5 Å². The average Bonchev–Trinajstić information content (AvgIpc) is 2.75. The van der Waals surface area contributed by atoms with Crippen LogP contribution in [0.4, 0.5) is 0 Å². The molecule has 0 aliphatic carbocycles. The third kappa shape index (κ3) is 2.64. The molecule has 4 nitrogen and oxygen atoms in total. The number of aryl methyl sites for hydroxylation is 3. The number of carbonyl (C=O) groups is 1. The van der Waals surface area contributed by atoms with Gasteiger partial charge in [0.15, 0.2) is 5.78 Å². The lowest BCUT2D eigenvalue weighted by Gasteiger charge is -2.05. The molecule has 0 N–H and O–H groups in total. The van der Waals surface area contributed by atoms with Gasteiger partial charge in [-0.05, 0) is 38.5 Å². The van der Waals surface area contributed by atoms with Gasteiger partial charge in [-0.1, -0.05) is 0 Å². The first-order chi connectivity index (χ1) is 8.60. The Balaban J connectivity index is 2.22. The Hall–Kier alpha value is -1.97. The minimum Gasteiger partial charge on any atom is -0.335 e. The Kier molecular flexibility index (Phi) is 3.55. The number of Topliss-reactive ketones (excluding diaryl/α,β-unsaturated/α-hetero) is 1. The van der Waals surface area contributed by atoms with Crippen molar-refractivity contribution < 1.29 is 4.79 Å². The predicted octanol–water partition coefficient (Wildman–Crippen LogP) is 2.34. The molecular weight excluding hydrogens is 226 g/mol. The molecule has 94 valence electrons. The van der Waals surface area contributed by atoms with E-state index in [1.807, 2.05) is 43.7 Å². The summed E-state index contributed by atoms with van der Waals surface area (Å²) < 4.78 is 1.97. The number of pyridine rings is 1. The minimum absolute atomic E-state index is 0.0164. The Morgan fingerprint density at radius 2 is 2.11 bits per heavy atom. The van der Waals surface area contributed by atoms with Crippen LogP contribution in [-0.4, -0.2) is 20.3 Å². The fourth-order valence-corrected chi connectivity index (χ4v) is 2.01. The van der Waals surface area contributed by atoms with Gasteiger partial charge in [0.2, 0.25) is 0 Å². The van der Waals surface area contributed by atoms with Crippen LogP contribution in [0.15, 0.2) is 24.5 Å². The standard InChI is InChI=1S/C14H17N3O/c1-4-17-6-5-15-14(17)9-13(18)12-8-10(2)7-11(3)16-12/h5-8H,4,9H2,1-3H3. The van der Waals surface area contributed by atoms with Crippen LogP contribution in [0.2, 0.25) is 0 Å². The van der Waals surface area contributed by atoms with Crippen LogP contribution in [0.5, 0.6) is 0 Å². The van der Waals surface area contributed by atoms with E-state index in [-0.39, 0.29) is 5.78 Å². The Labute approximate surface area is 107 Å². The monoisotopic (exact) mass is 243 g/mol. The largest absolute Gasteiger partial charge is 0.335 e. The zero-order chi connectivity index (χ0) is 13.1. The lowest BCUT2D eigenvalue weighted by Crippen LogP contribution is -2.11. The highest BCUT2D eigenvalue weighted by atomic mass is 16.1. The first kappa shape index (κ1) is 12.5. The number of imidazole rings is 1. The molecule has 2 aromatic rings. The molecule has 0 saturated carbocycles. The predicted molar refractivity (Wildman–Crippen MR) is 69.6 cm³/mol. The second-order valence-electron chi connectivity index (χ2n) is 4.40. The van der Waals surface area contributed by atoms with Crippen LogP contribution in [0, 0.1) is 13.8 Å². The van der Waals surface area contributed by atoms with Gasteiger partial charge in [0, 0.05) is 24.6 Å². The zero-order valence-corrected chi connectivity index (χ0v) is 11.0. The number of hydrogen-bond acceptors (Lipinski definition) is 3. The van der Waals surface area contributed by atoms with E-state index in [4.69, 9.17) is 0 Å². The van der Waals surface area contributed by atoms with Crippen LogP contribution in [-0.2, 0) is 13.0 Å². The van der Waals surface area contributed by atoms with Gasteiger partial charge in [0.25, 0.3) is 0 Å². The summed E-state index contributed by atoms with van der Waals surface area (Å²) in [5.41, 5.74) is 2.46. The molecule has 0 unspecified atom stereocenters. The number of ketones is 1. The van der Waals surface area contributed by atoms with Crippen LogP contribution in [0.25, 0.3) is 0 Å². The van der Waals surface area contributed by atoms with Crippen molar-refractivity contribution in [2.45, 2.75) is 33.7 Å². The van der Waals surface area contributed by atoms with E-state index in [2.05, 4.69) is 9.97 Å². The lowest BCUT2D eigenvalue weighted by atomic mass is 10.1. The quantitative estimate of drug-likeness (QED) is 0.774. The first-order valence-corrected chi connectivity index (χ1v) is 6.08. The summed E-state index contributed by atoms with van der Waals surface area (Å²) in [5, 5.41) is 0. The molecule has 4 heteroatoms. The molecular formula is C14H17N3O. The fourth-order valence-electron chi connectivity index (χ4n) is 2.01. The number of aromatic nitrogens is 3. The van der Waals surface area contributed by atoms with E-state index >= 15 is 0 Å². The smallest absolute Gasteiger partial charge is 0.188 e. The molecule has 0 amide bonds. The van der Waals surface area contributed by atoms with E-state index in [9.17, 15) is 4.79 Å². The summed E-state index contributed by atoms with van der Waals surface area (Å²) in [5.74, 6) is 0.811. The number of rotatable bonds is 4. The molecule has 2 rings (SSSR count). The molecule has 0 spiro atoms. The van der Waals surface area contributed by atoms with Crippen molar-refractivity contribution in [2.24, 2.45) is 0 Å². The van der Waals surface area contributed by atoms with E-state index in [0.29, 0.717) is 12.1 Å². The Bertz CT molecular complexity index is 552. The molecule has 0 bridgehead atoms. The highest BCUT2D eigenvalue weighted by Gasteiger charge is 2.12. The van der Waals surface area contributed by atoms with E-state index < -0.39 is 0 Å². The summed E-state index contributed by atoms with van der Waals surface area (Å²) in [4.78, 5) is 20.7. The minimum atomic E-state index is 0.0164. The molecule has 0 aromatic carbocycles. The van der Waals surface area contributed by atoms with Gasteiger partial charge in [-0.3, -0.25) is 4.79 Å². The van der Waals surface area contributed by atoms with Gasteiger partial charge < -0.3 is 4.57 Å². The molecule has 2 aromatic heterocycles. The number of hydrogen-bond donors (Lipinski definition) is 0. The van der Waals surface area contributed by atoms with E-state index in [1.165, 1.54) is 0 Å². The third-order valence-electron chi connectivity index (χ3n) is 2.84.